The highest BCUT2D eigenvalue weighted by molar-refractivity contribution is 5.92. The third-order valence-electron chi connectivity index (χ3n) is 3.74. The van der Waals surface area contributed by atoms with Crippen molar-refractivity contribution in [3.63, 3.8) is 0 Å². The molecule has 2 aromatic heterocycles. The van der Waals surface area contributed by atoms with Gasteiger partial charge >= 0.3 is 0 Å². The third-order valence-corrected chi connectivity index (χ3v) is 3.74. The van der Waals surface area contributed by atoms with Gasteiger partial charge in [-0.2, -0.15) is 4.98 Å². The van der Waals surface area contributed by atoms with E-state index in [1.165, 1.54) is 0 Å². The van der Waals surface area contributed by atoms with Crippen LogP contribution in [0, 0.1) is 0 Å². The summed E-state index contributed by atoms with van der Waals surface area (Å²) in [5, 5.41) is 6.89. The van der Waals surface area contributed by atoms with Gasteiger partial charge in [0.25, 0.3) is 0 Å². The van der Waals surface area contributed by atoms with E-state index in [0.717, 1.165) is 25.8 Å². The largest absolute Gasteiger partial charge is 0.339 e. The van der Waals surface area contributed by atoms with Crippen LogP contribution in [-0.4, -0.2) is 39.0 Å². The van der Waals surface area contributed by atoms with Gasteiger partial charge in [0, 0.05) is 12.6 Å². The highest BCUT2D eigenvalue weighted by atomic mass is 16.5. The first kappa shape index (κ1) is 14.6. The van der Waals surface area contributed by atoms with Crippen LogP contribution in [0.3, 0.4) is 0 Å². The second-order valence-electron chi connectivity index (χ2n) is 5.32. The molecule has 1 fully saturated rings. The van der Waals surface area contributed by atoms with Crippen LogP contribution >= 0.6 is 0 Å². The molecule has 0 saturated carbocycles. The minimum Gasteiger partial charge on any atom is -0.339 e. The average Bonchev–Trinajstić information content (AvgIpc) is 3.16. The van der Waals surface area contributed by atoms with Gasteiger partial charge in [-0.15, -0.1) is 0 Å². The molecule has 7 heteroatoms. The van der Waals surface area contributed by atoms with E-state index < -0.39 is 0 Å². The normalized spacial score (nSPS) is 18.5. The van der Waals surface area contributed by atoms with Gasteiger partial charge in [-0.05, 0) is 31.5 Å². The number of pyridine rings is 1. The van der Waals surface area contributed by atoms with Crippen molar-refractivity contribution in [2.24, 2.45) is 0 Å². The summed E-state index contributed by atoms with van der Waals surface area (Å²) in [5.74, 6) is 1.27. The van der Waals surface area contributed by atoms with Gasteiger partial charge in [0.2, 0.25) is 11.8 Å². The smallest absolute Gasteiger partial charge is 0.238 e. The van der Waals surface area contributed by atoms with Crippen molar-refractivity contribution in [3.8, 4) is 0 Å². The van der Waals surface area contributed by atoms with Crippen LogP contribution in [-0.2, 0) is 11.2 Å². The molecule has 0 radical (unpaired) electrons. The molecule has 3 rings (SSSR count). The Kier molecular flexibility index (Phi) is 4.43. The lowest BCUT2D eigenvalue weighted by molar-refractivity contribution is -0.117. The van der Waals surface area contributed by atoms with Crippen molar-refractivity contribution < 1.29 is 9.32 Å². The van der Waals surface area contributed by atoms with Crippen molar-refractivity contribution in [1.82, 2.24) is 20.0 Å². The fraction of sp³-hybridized carbons (Fsp3) is 0.467. The molecule has 116 valence electrons. The Morgan fingerprint density at radius 1 is 1.55 bits per heavy atom. The Balaban J connectivity index is 1.62. The number of anilines is 1. The first-order valence-electron chi connectivity index (χ1n) is 7.52. The number of hydrogen-bond acceptors (Lipinski definition) is 6. The number of amides is 1. The summed E-state index contributed by atoms with van der Waals surface area (Å²) < 4.78 is 5.18. The van der Waals surface area contributed by atoms with E-state index in [1.807, 2.05) is 13.0 Å². The molecular weight excluding hydrogens is 282 g/mol. The first-order chi connectivity index (χ1) is 10.8. The Hall–Kier alpha value is -2.28. The van der Waals surface area contributed by atoms with Gasteiger partial charge in [-0.25, -0.2) is 0 Å². The van der Waals surface area contributed by atoms with Crippen LogP contribution in [0.2, 0.25) is 0 Å². The topological polar surface area (TPSA) is 84.2 Å². The molecule has 1 aliphatic rings. The minimum absolute atomic E-state index is 0.0564. The van der Waals surface area contributed by atoms with Crippen molar-refractivity contribution in [1.29, 1.82) is 0 Å². The predicted octanol–water partition coefficient (Wildman–Crippen LogP) is 1.80. The Morgan fingerprint density at radius 3 is 3.18 bits per heavy atom. The molecular formula is C15H19N5O2. The Bertz CT molecular complexity index is 628. The molecule has 1 amide bonds. The zero-order valence-electron chi connectivity index (χ0n) is 12.5. The van der Waals surface area contributed by atoms with Crippen LogP contribution in [0.15, 0.2) is 29.0 Å². The van der Waals surface area contributed by atoms with Crippen molar-refractivity contribution in [2.75, 3.05) is 18.4 Å². The summed E-state index contributed by atoms with van der Waals surface area (Å²) in [6.45, 7) is 3.15. The van der Waals surface area contributed by atoms with Gasteiger partial charge in [-0.3, -0.25) is 14.7 Å². The van der Waals surface area contributed by atoms with Gasteiger partial charge in [-0.1, -0.05) is 12.1 Å². The highest BCUT2D eigenvalue weighted by Gasteiger charge is 2.31. The number of hydrogen-bond donors (Lipinski definition) is 1. The maximum atomic E-state index is 12.2. The van der Waals surface area contributed by atoms with E-state index in [4.69, 9.17) is 4.52 Å². The number of nitrogens with one attached hydrogen (secondary N) is 1. The molecule has 2 aromatic rings. The summed E-state index contributed by atoms with van der Waals surface area (Å²) in [4.78, 5) is 22.6. The van der Waals surface area contributed by atoms with E-state index in [0.29, 0.717) is 23.9 Å². The third kappa shape index (κ3) is 3.30. The molecule has 0 bridgehead atoms. The number of aromatic nitrogens is 3. The van der Waals surface area contributed by atoms with Crippen LogP contribution in [0.1, 0.15) is 37.5 Å². The minimum atomic E-state index is -0.0564. The second-order valence-corrected chi connectivity index (χ2v) is 5.32. The fourth-order valence-corrected chi connectivity index (χ4v) is 2.68. The number of likely N-dealkylation sites (tertiary alicyclic amines) is 1. The number of carbonyl (C=O) groups excluding carboxylic acids is 1. The van der Waals surface area contributed by atoms with E-state index in [-0.39, 0.29) is 11.9 Å². The molecule has 1 atom stereocenters. The molecule has 1 unspecified atom stereocenters. The lowest BCUT2D eigenvalue weighted by Crippen LogP contribution is -2.33. The van der Waals surface area contributed by atoms with Crippen LogP contribution < -0.4 is 5.32 Å². The number of carbonyl (C=O) groups is 1. The molecule has 1 N–H and O–H groups in total. The summed E-state index contributed by atoms with van der Waals surface area (Å²) in [6.07, 6.45) is 6.00. The molecule has 0 aromatic carbocycles. The number of aryl methyl sites for hydroxylation is 1. The zero-order chi connectivity index (χ0) is 15.4. The summed E-state index contributed by atoms with van der Waals surface area (Å²) in [7, 11) is 0. The fourth-order valence-electron chi connectivity index (χ4n) is 2.68. The molecule has 0 spiro atoms. The maximum Gasteiger partial charge on any atom is 0.238 e. The molecule has 3 heterocycles. The van der Waals surface area contributed by atoms with Gasteiger partial charge in [0.15, 0.2) is 5.82 Å². The standard InChI is InChI=1S/C15H19N5O2/c1-2-14-18-15(19-22-14)12-6-4-8-20(12)10-13(21)17-11-5-3-7-16-9-11/h3,5,7,9,12H,2,4,6,8,10H2,1H3,(H,17,21). The van der Waals surface area contributed by atoms with E-state index >= 15 is 0 Å². The van der Waals surface area contributed by atoms with Crippen LogP contribution in [0.5, 0.6) is 0 Å². The van der Waals surface area contributed by atoms with Crippen LogP contribution in [0.4, 0.5) is 5.69 Å². The first-order valence-corrected chi connectivity index (χ1v) is 7.52. The van der Waals surface area contributed by atoms with Crippen LogP contribution in [0.25, 0.3) is 0 Å². The Labute approximate surface area is 128 Å². The molecule has 22 heavy (non-hydrogen) atoms. The lowest BCUT2D eigenvalue weighted by atomic mass is 10.2. The van der Waals surface area contributed by atoms with Crippen molar-refractivity contribution in [2.45, 2.75) is 32.2 Å². The van der Waals surface area contributed by atoms with Crippen molar-refractivity contribution in [3.05, 3.63) is 36.2 Å². The van der Waals surface area contributed by atoms with Crippen molar-refractivity contribution >= 4 is 11.6 Å². The Morgan fingerprint density at radius 2 is 2.45 bits per heavy atom. The SMILES string of the molecule is CCc1nc(C2CCCN2CC(=O)Nc2cccnc2)no1. The van der Waals surface area contributed by atoms with E-state index in [1.54, 1.807) is 18.5 Å². The van der Waals surface area contributed by atoms with Gasteiger partial charge in [0.1, 0.15) is 0 Å². The number of rotatable bonds is 5. The average molecular weight is 301 g/mol. The molecule has 1 aliphatic heterocycles. The quantitative estimate of drug-likeness (QED) is 0.906. The summed E-state index contributed by atoms with van der Waals surface area (Å²) in [6, 6.07) is 3.67. The molecule has 0 aliphatic carbocycles. The van der Waals surface area contributed by atoms with Gasteiger partial charge in [0.05, 0.1) is 24.5 Å². The molecule has 1 saturated heterocycles. The van der Waals surface area contributed by atoms with Gasteiger partial charge < -0.3 is 9.84 Å². The summed E-state index contributed by atoms with van der Waals surface area (Å²) >= 11 is 0. The number of nitrogens with zero attached hydrogens (tertiary/aromatic N) is 4. The highest BCUT2D eigenvalue weighted by Crippen LogP contribution is 2.29. The molecule has 7 nitrogen and oxygen atoms in total. The van der Waals surface area contributed by atoms with E-state index in [2.05, 4.69) is 25.3 Å². The monoisotopic (exact) mass is 301 g/mol. The second kappa shape index (κ2) is 6.65. The lowest BCUT2D eigenvalue weighted by Gasteiger charge is -2.21. The maximum absolute atomic E-state index is 12.2. The predicted molar refractivity (Wildman–Crippen MR) is 80.1 cm³/mol. The zero-order valence-corrected chi connectivity index (χ0v) is 12.5. The summed E-state index contributed by atoms with van der Waals surface area (Å²) in [5.41, 5.74) is 0.705. The van der Waals surface area contributed by atoms with E-state index in [9.17, 15) is 4.79 Å².